The fraction of sp³-hybridized carbons (Fsp3) is 0.278. The Morgan fingerprint density at radius 2 is 1.96 bits per heavy atom. The number of rotatable bonds is 4. The first kappa shape index (κ1) is 18.5. The predicted octanol–water partition coefficient (Wildman–Crippen LogP) is 3.48. The third kappa shape index (κ3) is 3.64. The van der Waals surface area contributed by atoms with Gasteiger partial charge in [-0.05, 0) is 34.2 Å². The van der Waals surface area contributed by atoms with Crippen molar-refractivity contribution in [3.05, 3.63) is 55.4 Å². The quantitative estimate of drug-likeness (QED) is 0.424. The van der Waals surface area contributed by atoms with E-state index in [1.165, 1.54) is 12.1 Å². The maximum absolute atomic E-state index is 14.6. The van der Waals surface area contributed by atoms with Gasteiger partial charge in [-0.25, -0.2) is 4.39 Å². The summed E-state index contributed by atoms with van der Waals surface area (Å²) in [4.78, 5) is 12.4. The van der Waals surface area contributed by atoms with E-state index in [0.29, 0.717) is 11.1 Å². The summed E-state index contributed by atoms with van der Waals surface area (Å²) in [6, 6.07) is 9.51. The van der Waals surface area contributed by atoms with Crippen molar-refractivity contribution in [1.29, 1.82) is 5.26 Å². The molecule has 0 atom stereocenters. The van der Waals surface area contributed by atoms with Crippen molar-refractivity contribution in [3.63, 3.8) is 0 Å². The van der Waals surface area contributed by atoms with Crippen LogP contribution in [-0.4, -0.2) is 31.1 Å². The summed E-state index contributed by atoms with van der Waals surface area (Å²) >= 11 is 2.20. The van der Waals surface area contributed by atoms with Gasteiger partial charge < -0.3 is 10.2 Å². The number of benzene rings is 2. The van der Waals surface area contributed by atoms with Gasteiger partial charge in [-0.15, -0.1) is 0 Å². The van der Waals surface area contributed by atoms with Crippen molar-refractivity contribution in [2.45, 2.75) is 6.42 Å². The van der Waals surface area contributed by atoms with Crippen LogP contribution in [0.25, 0.3) is 11.1 Å². The fourth-order valence-electron chi connectivity index (χ4n) is 3.08. The minimum Gasteiger partial charge on any atom is -0.368 e. The number of halogens is 2. The van der Waals surface area contributed by atoms with Crippen LogP contribution in [0.4, 0.5) is 15.8 Å². The SMILES string of the molecule is N#CCc1ccc(-c2ccc([N+](=O)[O-])cc2F)c(N2CCNCC2)c1I. The lowest BCUT2D eigenvalue weighted by Gasteiger charge is -2.32. The molecular formula is C18H16FIN4O2. The third-order valence-corrected chi connectivity index (χ3v) is 5.56. The van der Waals surface area contributed by atoms with Gasteiger partial charge in [-0.2, -0.15) is 5.26 Å². The van der Waals surface area contributed by atoms with Gasteiger partial charge in [-0.1, -0.05) is 12.1 Å². The molecule has 26 heavy (non-hydrogen) atoms. The molecular weight excluding hydrogens is 450 g/mol. The lowest BCUT2D eigenvalue weighted by Crippen LogP contribution is -2.44. The number of nitro benzene ring substituents is 1. The first-order valence-electron chi connectivity index (χ1n) is 8.11. The van der Waals surface area contributed by atoms with Gasteiger partial charge in [0.15, 0.2) is 0 Å². The van der Waals surface area contributed by atoms with E-state index >= 15 is 0 Å². The number of piperazine rings is 1. The summed E-state index contributed by atoms with van der Waals surface area (Å²) in [5.74, 6) is -0.626. The molecule has 134 valence electrons. The molecule has 1 aliphatic rings. The fourth-order valence-corrected chi connectivity index (χ4v) is 4.08. The van der Waals surface area contributed by atoms with Gasteiger partial charge in [0.2, 0.25) is 0 Å². The zero-order chi connectivity index (χ0) is 18.7. The second-order valence-corrected chi connectivity index (χ2v) is 7.01. The first-order chi connectivity index (χ1) is 12.5. The van der Waals surface area contributed by atoms with Crippen molar-refractivity contribution in [2.24, 2.45) is 0 Å². The van der Waals surface area contributed by atoms with Crippen LogP contribution in [0.15, 0.2) is 30.3 Å². The smallest absolute Gasteiger partial charge is 0.272 e. The molecule has 1 saturated heterocycles. The van der Waals surface area contributed by atoms with Gasteiger partial charge in [0, 0.05) is 46.9 Å². The first-order valence-corrected chi connectivity index (χ1v) is 9.19. The summed E-state index contributed by atoms with van der Waals surface area (Å²) in [5, 5.41) is 23.2. The Balaban J connectivity index is 2.16. The maximum Gasteiger partial charge on any atom is 0.272 e. The molecule has 1 fully saturated rings. The minimum absolute atomic E-state index is 0.272. The molecule has 0 saturated carbocycles. The Hall–Kier alpha value is -2.25. The van der Waals surface area contributed by atoms with Crippen molar-refractivity contribution in [1.82, 2.24) is 5.32 Å². The van der Waals surface area contributed by atoms with Crippen molar-refractivity contribution < 1.29 is 9.31 Å². The molecule has 0 aliphatic carbocycles. The average Bonchev–Trinajstić information content (AvgIpc) is 2.64. The molecule has 0 amide bonds. The van der Waals surface area contributed by atoms with E-state index in [1.54, 1.807) is 6.07 Å². The van der Waals surface area contributed by atoms with Crippen LogP contribution in [0.3, 0.4) is 0 Å². The molecule has 6 nitrogen and oxygen atoms in total. The molecule has 2 aromatic rings. The summed E-state index contributed by atoms with van der Waals surface area (Å²) in [7, 11) is 0. The Kier molecular flexibility index (Phi) is 5.68. The van der Waals surface area contributed by atoms with E-state index in [1.807, 2.05) is 6.07 Å². The largest absolute Gasteiger partial charge is 0.368 e. The maximum atomic E-state index is 14.6. The zero-order valence-electron chi connectivity index (χ0n) is 13.8. The Morgan fingerprint density at radius 1 is 1.27 bits per heavy atom. The average molecular weight is 466 g/mol. The Bertz CT molecular complexity index is 891. The van der Waals surface area contributed by atoms with Crippen LogP contribution in [0.5, 0.6) is 0 Å². The molecule has 1 aliphatic heterocycles. The van der Waals surface area contributed by atoms with Crippen LogP contribution < -0.4 is 10.2 Å². The number of hydrogen-bond donors (Lipinski definition) is 1. The highest BCUT2D eigenvalue weighted by Gasteiger charge is 2.22. The molecule has 1 heterocycles. The van der Waals surface area contributed by atoms with Gasteiger partial charge in [0.25, 0.3) is 5.69 Å². The molecule has 0 radical (unpaired) electrons. The van der Waals surface area contributed by atoms with Crippen LogP contribution >= 0.6 is 22.6 Å². The third-order valence-electron chi connectivity index (χ3n) is 4.35. The molecule has 2 aromatic carbocycles. The summed E-state index contributed by atoms with van der Waals surface area (Å²) in [5.41, 5.74) is 2.52. The van der Waals surface area contributed by atoms with E-state index < -0.39 is 10.7 Å². The highest BCUT2D eigenvalue weighted by molar-refractivity contribution is 14.1. The van der Waals surface area contributed by atoms with Crippen LogP contribution in [-0.2, 0) is 6.42 Å². The second-order valence-electron chi connectivity index (χ2n) is 5.93. The normalized spacial score (nSPS) is 14.1. The van der Waals surface area contributed by atoms with Crippen molar-refractivity contribution in [3.8, 4) is 17.2 Å². The summed E-state index contributed by atoms with van der Waals surface area (Å²) in [6.45, 7) is 3.18. The van der Waals surface area contributed by atoms with E-state index in [4.69, 9.17) is 5.26 Å². The Labute approximate surface area is 163 Å². The standard InChI is InChI=1S/C18H16FIN4O2/c19-16-11-13(24(25)26)2-4-14(16)15-3-1-12(5-6-21)17(20)18(15)23-9-7-22-8-10-23/h1-4,11,22H,5,7-10H2. The number of anilines is 1. The highest BCUT2D eigenvalue weighted by atomic mass is 127. The molecule has 0 unspecified atom stereocenters. The zero-order valence-corrected chi connectivity index (χ0v) is 16.0. The number of nitriles is 1. The molecule has 1 N–H and O–H groups in total. The number of nitrogens with one attached hydrogen (secondary N) is 1. The second kappa shape index (κ2) is 7.97. The van der Waals surface area contributed by atoms with Gasteiger partial charge in [-0.3, -0.25) is 10.1 Å². The molecule has 3 rings (SSSR count). The topological polar surface area (TPSA) is 82.2 Å². The summed E-state index contributed by atoms with van der Waals surface area (Å²) in [6.07, 6.45) is 0.278. The molecule has 0 bridgehead atoms. The number of nitrogens with zero attached hydrogens (tertiary/aromatic N) is 3. The lowest BCUT2D eigenvalue weighted by molar-refractivity contribution is -0.385. The molecule has 0 spiro atoms. The molecule has 0 aromatic heterocycles. The number of hydrogen-bond acceptors (Lipinski definition) is 5. The van der Waals surface area contributed by atoms with E-state index in [0.717, 1.165) is 47.1 Å². The van der Waals surface area contributed by atoms with Crippen LogP contribution in [0.2, 0.25) is 0 Å². The Morgan fingerprint density at radius 3 is 2.58 bits per heavy atom. The number of non-ortho nitro benzene ring substituents is 1. The van der Waals surface area contributed by atoms with Crippen LogP contribution in [0.1, 0.15) is 5.56 Å². The van der Waals surface area contributed by atoms with E-state index in [2.05, 4.69) is 38.9 Å². The number of nitro groups is 1. The van der Waals surface area contributed by atoms with E-state index in [-0.39, 0.29) is 12.1 Å². The van der Waals surface area contributed by atoms with Crippen molar-refractivity contribution >= 4 is 34.0 Å². The summed E-state index contributed by atoms with van der Waals surface area (Å²) < 4.78 is 15.6. The molecule has 8 heteroatoms. The van der Waals surface area contributed by atoms with E-state index in [9.17, 15) is 14.5 Å². The monoisotopic (exact) mass is 466 g/mol. The van der Waals surface area contributed by atoms with Crippen LogP contribution in [0, 0.1) is 30.8 Å². The van der Waals surface area contributed by atoms with Crippen molar-refractivity contribution in [2.75, 3.05) is 31.1 Å². The van der Waals surface area contributed by atoms with Gasteiger partial charge in [0.05, 0.1) is 29.2 Å². The minimum atomic E-state index is -0.626. The highest BCUT2D eigenvalue weighted by Crippen LogP contribution is 2.39. The predicted molar refractivity (Wildman–Crippen MR) is 106 cm³/mol. The van der Waals surface area contributed by atoms with Gasteiger partial charge in [0.1, 0.15) is 5.82 Å². The van der Waals surface area contributed by atoms with Gasteiger partial charge >= 0.3 is 0 Å². The lowest BCUT2D eigenvalue weighted by atomic mass is 9.98.